The van der Waals surface area contributed by atoms with Gasteiger partial charge in [-0.25, -0.2) is 4.90 Å². The third-order valence-electron chi connectivity index (χ3n) is 5.58. The van der Waals surface area contributed by atoms with Gasteiger partial charge in [-0.15, -0.1) is 0 Å². The number of nitrogens with one attached hydrogen (secondary N) is 1. The summed E-state index contributed by atoms with van der Waals surface area (Å²) in [5.41, 5.74) is 0.412. The molecule has 3 saturated heterocycles. The molecular formula is C19H21N3O6. The van der Waals surface area contributed by atoms with E-state index in [1.54, 1.807) is 29.2 Å². The summed E-state index contributed by atoms with van der Waals surface area (Å²) < 4.78 is 10.3. The molecule has 3 amide bonds. The van der Waals surface area contributed by atoms with Gasteiger partial charge in [-0.1, -0.05) is 0 Å². The Kier molecular flexibility index (Phi) is 4.54. The molecule has 9 nitrogen and oxygen atoms in total. The van der Waals surface area contributed by atoms with Gasteiger partial charge in [0.15, 0.2) is 0 Å². The number of hydrogen-bond acceptors (Lipinski definition) is 7. The molecule has 3 aliphatic heterocycles. The average Bonchev–Trinajstić information content (AvgIpc) is 3.17. The average molecular weight is 387 g/mol. The number of piperazine rings is 1. The number of benzene rings is 1. The van der Waals surface area contributed by atoms with E-state index in [-0.39, 0.29) is 5.91 Å². The lowest BCUT2D eigenvalue weighted by molar-refractivity contribution is -0.152. The lowest BCUT2D eigenvalue weighted by Crippen LogP contribution is -2.58. The highest BCUT2D eigenvalue weighted by Gasteiger charge is 2.66. The number of fused-ring (bicyclic) bond motifs is 3. The Bertz CT molecular complexity index is 839. The molecular weight excluding hydrogens is 366 g/mol. The largest absolute Gasteiger partial charge is 0.494 e. The highest BCUT2D eigenvalue weighted by molar-refractivity contribution is 6.25. The van der Waals surface area contributed by atoms with E-state index in [0.29, 0.717) is 31.1 Å². The van der Waals surface area contributed by atoms with Crippen LogP contribution >= 0.6 is 0 Å². The smallest absolute Gasteiger partial charge is 0.311 e. The number of esters is 1. The minimum Gasteiger partial charge on any atom is -0.494 e. The molecule has 3 aliphatic rings. The summed E-state index contributed by atoms with van der Waals surface area (Å²) in [7, 11) is 1.21. The molecule has 3 fully saturated rings. The van der Waals surface area contributed by atoms with Gasteiger partial charge in [0, 0.05) is 13.1 Å². The molecule has 148 valence electrons. The Morgan fingerprint density at radius 1 is 1.14 bits per heavy atom. The molecule has 0 radical (unpaired) electrons. The monoisotopic (exact) mass is 387 g/mol. The summed E-state index contributed by atoms with van der Waals surface area (Å²) in [5, 5.41) is 2.70. The van der Waals surface area contributed by atoms with Gasteiger partial charge in [-0.05, 0) is 31.2 Å². The van der Waals surface area contributed by atoms with E-state index in [1.165, 1.54) is 7.11 Å². The van der Waals surface area contributed by atoms with Gasteiger partial charge in [0.25, 0.3) is 5.91 Å². The molecule has 9 heteroatoms. The lowest BCUT2D eigenvalue weighted by atomic mass is 9.87. The van der Waals surface area contributed by atoms with Crippen molar-refractivity contribution >= 4 is 29.4 Å². The van der Waals surface area contributed by atoms with Crippen LogP contribution in [0.2, 0.25) is 0 Å². The zero-order valence-corrected chi connectivity index (χ0v) is 15.6. The number of anilines is 1. The molecule has 4 atom stereocenters. The standard InChI is InChI=1S/C19H21N3O6/c1-3-28-11-6-4-10(5-7-11)22-17(24)12-13(19(26)27-2)14-16(23)20-8-9-21(14)15(12)18(22)25/h4-7,12-15H,3,8-9H2,1-2H3,(H,20,23)/t12-,13+,14-,15+/m1/s1. The minimum atomic E-state index is -1.01. The van der Waals surface area contributed by atoms with E-state index in [0.717, 1.165) is 4.90 Å². The molecule has 1 aromatic carbocycles. The van der Waals surface area contributed by atoms with E-state index in [1.807, 2.05) is 6.92 Å². The van der Waals surface area contributed by atoms with Crippen molar-refractivity contribution < 1.29 is 28.7 Å². The topological polar surface area (TPSA) is 105 Å². The Morgan fingerprint density at radius 3 is 2.50 bits per heavy atom. The van der Waals surface area contributed by atoms with E-state index in [4.69, 9.17) is 9.47 Å². The second-order valence-corrected chi connectivity index (χ2v) is 6.93. The van der Waals surface area contributed by atoms with Gasteiger partial charge < -0.3 is 14.8 Å². The summed E-state index contributed by atoms with van der Waals surface area (Å²) in [6, 6.07) is 4.92. The van der Waals surface area contributed by atoms with Crippen LogP contribution in [0.15, 0.2) is 24.3 Å². The third-order valence-corrected chi connectivity index (χ3v) is 5.58. The van der Waals surface area contributed by atoms with Crippen molar-refractivity contribution in [3.63, 3.8) is 0 Å². The molecule has 1 aromatic rings. The minimum absolute atomic E-state index is 0.357. The summed E-state index contributed by atoms with van der Waals surface area (Å²) in [4.78, 5) is 54.0. The van der Waals surface area contributed by atoms with Gasteiger partial charge in [0.1, 0.15) is 17.8 Å². The van der Waals surface area contributed by atoms with Gasteiger partial charge >= 0.3 is 5.97 Å². The molecule has 0 aromatic heterocycles. The molecule has 28 heavy (non-hydrogen) atoms. The van der Waals surface area contributed by atoms with Crippen LogP contribution in [0.3, 0.4) is 0 Å². The van der Waals surface area contributed by atoms with E-state index in [2.05, 4.69) is 5.32 Å². The SMILES string of the molecule is CCOc1ccc(N2C(=O)[C@@H]3[C@H](C(=O)OC)[C@@H]4C(=O)NCCN4[C@@H]3C2=O)cc1. The number of rotatable bonds is 4. The van der Waals surface area contributed by atoms with Crippen molar-refractivity contribution in [2.75, 3.05) is 31.7 Å². The van der Waals surface area contributed by atoms with Crippen molar-refractivity contribution in [3.8, 4) is 5.75 Å². The second-order valence-electron chi connectivity index (χ2n) is 6.93. The van der Waals surface area contributed by atoms with Crippen LogP contribution in [-0.4, -0.2) is 67.5 Å². The Balaban J connectivity index is 1.71. The number of nitrogens with zero attached hydrogens (tertiary/aromatic N) is 2. The van der Waals surface area contributed by atoms with Gasteiger partial charge in [0.05, 0.1) is 31.2 Å². The number of carbonyl (C=O) groups excluding carboxylic acids is 4. The van der Waals surface area contributed by atoms with Crippen molar-refractivity contribution in [1.29, 1.82) is 0 Å². The highest BCUT2D eigenvalue weighted by Crippen LogP contribution is 2.44. The van der Waals surface area contributed by atoms with Crippen LogP contribution in [0.5, 0.6) is 5.75 Å². The summed E-state index contributed by atoms with van der Waals surface area (Å²) >= 11 is 0. The first-order chi connectivity index (χ1) is 13.5. The van der Waals surface area contributed by atoms with Crippen molar-refractivity contribution in [2.24, 2.45) is 11.8 Å². The van der Waals surface area contributed by atoms with Gasteiger partial charge in [-0.2, -0.15) is 0 Å². The van der Waals surface area contributed by atoms with Crippen LogP contribution in [0, 0.1) is 11.8 Å². The summed E-state index contributed by atoms with van der Waals surface area (Å²) in [6.07, 6.45) is 0. The molecule has 0 spiro atoms. The molecule has 0 aliphatic carbocycles. The third kappa shape index (κ3) is 2.57. The van der Waals surface area contributed by atoms with Gasteiger partial charge in [-0.3, -0.25) is 24.1 Å². The zero-order chi connectivity index (χ0) is 20.0. The molecule has 0 saturated carbocycles. The zero-order valence-electron chi connectivity index (χ0n) is 15.6. The van der Waals surface area contributed by atoms with Crippen molar-refractivity contribution in [2.45, 2.75) is 19.0 Å². The Morgan fingerprint density at radius 2 is 1.86 bits per heavy atom. The second kappa shape index (κ2) is 6.90. The van der Waals surface area contributed by atoms with Crippen LogP contribution in [0.25, 0.3) is 0 Å². The lowest BCUT2D eigenvalue weighted by Gasteiger charge is -2.34. The van der Waals surface area contributed by atoms with Crippen LogP contribution in [0.1, 0.15) is 6.92 Å². The van der Waals surface area contributed by atoms with Crippen LogP contribution in [0.4, 0.5) is 5.69 Å². The normalized spacial score (nSPS) is 29.4. The molecule has 0 unspecified atom stereocenters. The number of hydrogen-bond donors (Lipinski definition) is 1. The first kappa shape index (κ1) is 18.4. The summed E-state index contributed by atoms with van der Waals surface area (Å²) in [6.45, 7) is 3.11. The van der Waals surface area contributed by atoms with E-state index >= 15 is 0 Å². The first-order valence-electron chi connectivity index (χ1n) is 9.21. The molecule has 4 rings (SSSR count). The van der Waals surface area contributed by atoms with Crippen LogP contribution in [-0.2, 0) is 23.9 Å². The van der Waals surface area contributed by atoms with Gasteiger partial charge in [0.2, 0.25) is 11.8 Å². The predicted octanol–water partition coefficient (Wildman–Crippen LogP) is -0.453. The number of ether oxygens (including phenoxy) is 2. The first-order valence-corrected chi connectivity index (χ1v) is 9.21. The summed E-state index contributed by atoms with van der Waals surface area (Å²) in [5.74, 6) is -3.26. The quantitative estimate of drug-likeness (QED) is 0.551. The van der Waals surface area contributed by atoms with E-state index in [9.17, 15) is 19.2 Å². The van der Waals surface area contributed by atoms with Crippen molar-refractivity contribution in [1.82, 2.24) is 10.2 Å². The number of amides is 3. The molecule has 0 bridgehead atoms. The number of methoxy groups -OCH3 is 1. The van der Waals surface area contributed by atoms with Crippen molar-refractivity contribution in [3.05, 3.63) is 24.3 Å². The Hall–Kier alpha value is -2.94. The maximum Gasteiger partial charge on any atom is 0.311 e. The predicted molar refractivity (Wildman–Crippen MR) is 96.4 cm³/mol. The number of carbonyl (C=O) groups is 4. The fraction of sp³-hybridized carbons (Fsp3) is 0.474. The number of imide groups is 1. The maximum absolute atomic E-state index is 13.2. The Labute approximate surface area is 161 Å². The fourth-order valence-corrected chi connectivity index (χ4v) is 4.48. The van der Waals surface area contributed by atoms with E-state index < -0.39 is 41.7 Å². The maximum atomic E-state index is 13.2. The van der Waals surface area contributed by atoms with Crippen LogP contribution < -0.4 is 15.0 Å². The molecule has 1 N–H and O–H groups in total. The molecule has 3 heterocycles. The fourth-order valence-electron chi connectivity index (χ4n) is 4.48. The highest BCUT2D eigenvalue weighted by atomic mass is 16.5.